The zero-order valence-corrected chi connectivity index (χ0v) is 20.1. The van der Waals surface area contributed by atoms with Gasteiger partial charge in [-0.1, -0.05) is 30.3 Å². The van der Waals surface area contributed by atoms with Crippen LogP contribution < -0.4 is 4.72 Å². The Hall–Kier alpha value is -2.36. The van der Waals surface area contributed by atoms with E-state index in [-0.39, 0.29) is 5.91 Å². The van der Waals surface area contributed by atoms with Crippen LogP contribution in [0.3, 0.4) is 0 Å². The minimum absolute atomic E-state index is 0.249. The lowest BCUT2D eigenvalue weighted by molar-refractivity contribution is -0.134. The highest BCUT2D eigenvalue weighted by molar-refractivity contribution is 7.98. The molecule has 1 aliphatic heterocycles. The van der Waals surface area contributed by atoms with Gasteiger partial charge in [0.2, 0.25) is 15.9 Å². The first kappa shape index (κ1) is 23.8. The van der Waals surface area contributed by atoms with Crippen LogP contribution in [0.25, 0.3) is 10.9 Å². The van der Waals surface area contributed by atoms with Crippen molar-refractivity contribution in [2.24, 2.45) is 0 Å². The molecule has 0 aliphatic carbocycles. The summed E-state index contributed by atoms with van der Waals surface area (Å²) in [7, 11) is -4.16. The number of aromatic amines is 1. The lowest BCUT2D eigenvalue weighted by Gasteiger charge is -2.34. The van der Waals surface area contributed by atoms with Crippen molar-refractivity contribution in [1.29, 1.82) is 0 Å². The summed E-state index contributed by atoms with van der Waals surface area (Å²) in [5.74, 6) is -0.131. The fourth-order valence-electron chi connectivity index (χ4n) is 4.44. The molecule has 1 fully saturated rings. The Balaban J connectivity index is 1.46. The van der Waals surface area contributed by atoms with Gasteiger partial charge in [-0.2, -0.15) is 16.5 Å². The molecule has 9 heteroatoms. The molecule has 6 nitrogen and oxygen atoms in total. The summed E-state index contributed by atoms with van der Waals surface area (Å²) in [6, 6.07) is 12.5. The molecule has 0 saturated carbocycles. The Labute approximate surface area is 198 Å². The van der Waals surface area contributed by atoms with Crippen LogP contribution in [0.1, 0.15) is 30.7 Å². The number of amides is 1. The Morgan fingerprint density at radius 3 is 2.61 bits per heavy atom. The fourth-order valence-corrected chi connectivity index (χ4v) is 6.22. The minimum Gasteiger partial charge on any atom is -0.361 e. The van der Waals surface area contributed by atoms with Gasteiger partial charge in [0.1, 0.15) is 16.8 Å². The van der Waals surface area contributed by atoms with Crippen LogP contribution in [0, 0.1) is 5.82 Å². The quantitative estimate of drug-likeness (QED) is 0.499. The summed E-state index contributed by atoms with van der Waals surface area (Å²) < 4.78 is 42.2. The molecular formula is C24H28FN3O3S2. The van der Waals surface area contributed by atoms with Gasteiger partial charge in [0.05, 0.1) is 0 Å². The number of hydrogen-bond acceptors (Lipinski definition) is 4. The SMILES string of the molecule is CSCCC(NS(=O)(=O)c1ccccc1F)C(=O)N1CCC(c2c[nH]c3ccccc23)CC1. The molecule has 2 heterocycles. The van der Waals surface area contributed by atoms with E-state index in [1.807, 2.05) is 18.4 Å². The highest BCUT2D eigenvalue weighted by Gasteiger charge is 2.32. The van der Waals surface area contributed by atoms with Crippen LogP contribution in [0.2, 0.25) is 0 Å². The number of benzene rings is 2. The third kappa shape index (κ3) is 5.26. The molecule has 0 radical (unpaired) electrons. The minimum atomic E-state index is -4.16. The number of nitrogens with zero attached hydrogens (tertiary/aromatic N) is 1. The van der Waals surface area contributed by atoms with Gasteiger partial charge < -0.3 is 9.88 Å². The molecule has 176 valence electrons. The summed E-state index contributed by atoms with van der Waals surface area (Å²) in [5.41, 5.74) is 2.36. The van der Waals surface area contributed by atoms with Crippen LogP contribution in [-0.2, 0) is 14.8 Å². The first-order valence-corrected chi connectivity index (χ1v) is 13.9. The molecule has 1 amide bonds. The number of para-hydroxylation sites is 1. The Morgan fingerprint density at radius 2 is 1.88 bits per heavy atom. The zero-order chi connectivity index (χ0) is 23.4. The van der Waals surface area contributed by atoms with Crippen molar-refractivity contribution in [3.05, 3.63) is 66.1 Å². The van der Waals surface area contributed by atoms with Crippen molar-refractivity contribution >= 4 is 38.6 Å². The molecule has 0 bridgehead atoms. The first-order valence-electron chi connectivity index (χ1n) is 11.0. The van der Waals surface area contributed by atoms with Crippen LogP contribution in [-0.4, -0.2) is 55.3 Å². The van der Waals surface area contributed by atoms with Crippen LogP contribution in [0.5, 0.6) is 0 Å². The standard InChI is InChI=1S/C24H28FN3O3S2/c1-32-15-12-22(27-33(30,31)23-9-5-3-7-20(23)25)24(29)28-13-10-17(11-14-28)19-16-26-21-8-4-2-6-18(19)21/h2-9,16-17,22,26-27H,10-15H2,1H3. The van der Waals surface area contributed by atoms with E-state index in [2.05, 4.69) is 28.0 Å². The lowest BCUT2D eigenvalue weighted by atomic mass is 9.89. The Kier molecular flexibility index (Phi) is 7.41. The summed E-state index contributed by atoms with van der Waals surface area (Å²) >= 11 is 1.54. The number of H-pyrrole nitrogens is 1. The number of piperidine rings is 1. The van der Waals surface area contributed by atoms with E-state index >= 15 is 0 Å². The topological polar surface area (TPSA) is 82.3 Å². The van der Waals surface area contributed by atoms with Crippen LogP contribution in [0.15, 0.2) is 59.6 Å². The molecule has 1 saturated heterocycles. The molecule has 33 heavy (non-hydrogen) atoms. The van der Waals surface area contributed by atoms with Crippen molar-refractivity contribution < 1.29 is 17.6 Å². The molecule has 3 aromatic rings. The highest BCUT2D eigenvalue weighted by Crippen LogP contribution is 2.33. The van der Waals surface area contributed by atoms with E-state index in [1.54, 1.807) is 4.90 Å². The van der Waals surface area contributed by atoms with E-state index in [0.717, 1.165) is 24.4 Å². The van der Waals surface area contributed by atoms with E-state index in [1.165, 1.54) is 40.9 Å². The summed E-state index contributed by atoms with van der Waals surface area (Å²) in [5, 5.41) is 1.21. The third-order valence-corrected chi connectivity index (χ3v) is 8.35. The van der Waals surface area contributed by atoms with Crippen molar-refractivity contribution in [3.63, 3.8) is 0 Å². The van der Waals surface area contributed by atoms with Crippen molar-refractivity contribution in [2.45, 2.75) is 36.1 Å². The maximum absolute atomic E-state index is 14.1. The number of rotatable bonds is 8. The number of carbonyl (C=O) groups excluding carboxylic acids is 1. The van der Waals surface area contributed by atoms with Gasteiger partial charge >= 0.3 is 0 Å². The van der Waals surface area contributed by atoms with Gasteiger partial charge in [0.25, 0.3) is 0 Å². The van der Waals surface area contributed by atoms with E-state index in [0.29, 0.717) is 31.2 Å². The predicted octanol–water partition coefficient (Wildman–Crippen LogP) is 4.11. The van der Waals surface area contributed by atoms with Crippen LogP contribution in [0.4, 0.5) is 4.39 Å². The molecule has 1 aliphatic rings. The van der Waals surface area contributed by atoms with Gasteiger partial charge in [-0.05, 0) is 61.0 Å². The average molecular weight is 490 g/mol. The number of thioether (sulfide) groups is 1. The van der Waals surface area contributed by atoms with Gasteiger partial charge in [-0.3, -0.25) is 4.79 Å². The summed E-state index contributed by atoms with van der Waals surface area (Å²) in [6.45, 7) is 1.11. The normalized spacial score (nSPS) is 16.2. The number of likely N-dealkylation sites (tertiary alicyclic amines) is 1. The van der Waals surface area contributed by atoms with Gasteiger partial charge in [-0.25, -0.2) is 12.8 Å². The van der Waals surface area contributed by atoms with Crippen molar-refractivity contribution in [1.82, 2.24) is 14.6 Å². The number of nitrogens with one attached hydrogen (secondary N) is 2. The molecule has 0 spiro atoms. The number of sulfonamides is 1. The monoisotopic (exact) mass is 489 g/mol. The molecule has 2 N–H and O–H groups in total. The second kappa shape index (κ2) is 10.3. The Bertz CT molecular complexity index is 1220. The van der Waals surface area contributed by atoms with E-state index < -0.39 is 26.8 Å². The summed E-state index contributed by atoms with van der Waals surface area (Å²) in [4.78, 5) is 17.9. The number of aromatic nitrogens is 1. The second-order valence-corrected chi connectivity index (χ2v) is 10.9. The van der Waals surface area contributed by atoms with E-state index in [9.17, 15) is 17.6 Å². The third-order valence-electron chi connectivity index (χ3n) is 6.20. The number of hydrogen-bond donors (Lipinski definition) is 2. The molecule has 2 aromatic carbocycles. The largest absolute Gasteiger partial charge is 0.361 e. The molecule has 1 unspecified atom stereocenters. The highest BCUT2D eigenvalue weighted by atomic mass is 32.2. The smallest absolute Gasteiger partial charge is 0.244 e. The van der Waals surface area contributed by atoms with Crippen molar-refractivity contribution in [2.75, 3.05) is 25.1 Å². The van der Waals surface area contributed by atoms with Gasteiger partial charge in [-0.15, -0.1) is 0 Å². The predicted molar refractivity (Wildman–Crippen MR) is 130 cm³/mol. The molecular weight excluding hydrogens is 461 g/mol. The number of fused-ring (bicyclic) bond motifs is 1. The number of halogens is 1. The second-order valence-electron chi connectivity index (χ2n) is 8.27. The van der Waals surface area contributed by atoms with Crippen molar-refractivity contribution in [3.8, 4) is 0 Å². The lowest BCUT2D eigenvalue weighted by Crippen LogP contribution is -2.50. The van der Waals surface area contributed by atoms with Gasteiger partial charge in [0.15, 0.2) is 0 Å². The summed E-state index contributed by atoms with van der Waals surface area (Å²) in [6.07, 6.45) is 5.91. The van der Waals surface area contributed by atoms with E-state index in [4.69, 9.17) is 0 Å². The molecule has 4 rings (SSSR count). The fraction of sp³-hybridized carbons (Fsp3) is 0.375. The average Bonchev–Trinajstić information content (AvgIpc) is 3.26. The zero-order valence-electron chi connectivity index (χ0n) is 18.5. The van der Waals surface area contributed by atoms with Gasteiger partial charge in [0, 0.05) is 30.2 Å². The number of carbonyl (C=O) groups is 1. The maximum atomic E-state index is 14.1. The first-order chi connectivity index (χ1) is 15.9. The molecule has 1 aromatic heterocycles. The maximum Gasteiger partial charge on any atom is 0.244 e. The Morgan fingerprint density at radius 1 is 1.18 bits per heavy atom. The van der Waals surface area contributed by atoms with Crippen LogP contribution >= 0.6 is 11.8 Å². The molecule has 1 atom stereocenters.